The van der Waals surface area contributed by atoms with Gasteiger partial charge in [0, 0.05) is 0 Å². The highest BCUT2D eigenvalue weighted by Crippen LogP contribution is 2.38. The van der Waals surface area contributed by atoms with Crippen molar-refractivity contribution >= 4 is 10.1 Å². The third kappa shape index (κ3) is 25.2. The SMILES string of the molecule is CCCCCCCCCCCCCCCCCCCCCCCCCCCCCCCCCCC(C)(c1cccc(CCCN)c1C)S(=O)(=O)[O-].[NH4+]. The van der Waals surface area contributed by atoms with E-state index in [1.165, 1.54) is 186 Å². The number of aryl methyl sites for hydroxylation is 1. The van der Waals surface area contributed by atoms with Crippen LogP contribution in [0, 0.1) is 6.92 Å². The molecule has 0 bridgehead atoms. The van der Waals surface area contributed by atoms with Crippen molar-refractivity contribution in [2.75, 3.05) is 6.54 Å². The van der Waals surface area contributed by atoms with Crippen LogP contribution < -0.4 is 11.9 Å². The fraction of sp³-hybridized carbons (Fsp3) is 0.870. The van der Waals surface area contributed by atoms with E-state index in [-0.39, 0.29) is 6.15 Å². The van der Waals surface area contributed by atoms with Gasteiger partial charge in [0.1, 0.15) is 10.1 Å². The van der Waals surface area contributed by atoms with Crippen LogP contribution in [-0.2, 0) is 21.3 Å². The molecule has 1 unspecified atom stereocenters. The van der Waals surface area contributed by atoms with E-state index in [0.717, 1.165) is 43.2 Å². The van der Waals surface area contributed by atoms with E-state index in [2.05, 4.69) is 6.92 Å². The van der Waals surface area contributed by atoms with Gasteiger partial charge >= 0.3 is 0 Å². The monoisotopic (exact) mass is 751 g/mol. The number of benzene rings is 1. The fourth-order valence-corrected chi connectivity index (χ4v) is 8.94. The molecule has 6 heteroatoms. The van der Waals surface area contributed by atoms with Gasteiger partial charge < -0.3 is 16.4 Å². The van der Waals surface area contributed by atoms with Gasteiger partial charge in [-0.3, -0.25) is 0 Å². The molecule has 0 aliphatic carbocycles. The molecule has 0 saturated carbocycles. The van der Waals surface area contributed by atoms with E-state index in [1.807, 2.05) is 25.1 Å². The maximum absolute atomic E-state index is 12.5. The van der Waals surface area contributed by atoms with E-state index in [9.17, 15) is 13.0 Å². The average molecular weight is 751 g/mol. The largest absolute Gasteiger partial charge is 0.747 e. The van der Waals surface area contributed by atoms with Gasteiger partial charge in [-0.1, -0.05) is 231 Å². The number of hydrogen-bond donors (Lipinski definition) is 2. The average Bonchev–Trinajstić information content (AvgIpc) is 3.11. The quantitative estimate of drug-likeness (QED) is 0.0516. The smallest absolute Gasteiger partial charge is 0.104 e. The Morgan fingerprint density at radius 3 is 1.13 bits per heavy atom. The van der Waals surface area contributed by atoms with Crippen molar-refractivity contribution in [3.8, 4) is 0 Å². The lowest BCUT2D eigenvalue weighted by molar-refractivity contribution is 0.400. The van der Waals surface area contributed by atoms with Crippen molar-refractivity contribution in [3.63, 3.8) is 0 Å². The third-order valence-electron chi connectivity index (χ3n) is 11.7. The van der Waals surface area contributed by atoms with Crippen LogP contribution in [0.3, 0.4) is 0 Å². The van der Waals surface area contributed by atoms with E-state index in [4.69, 9.17) is 5.73 Å². The van der Waals surface area contributed by atoms with Gasteiger partial charge in [-0.25, -0.2) is 8.42 Å². The molecule has 0 saturated heterocycles. The fourth-order valence-electron chi connectivity index (χ4n) is 8.05. The van der Waals surface area contributed by atoms with Crippen LogP contribution in [-0.4, -0.2) is 19.5 Å². The van der Waals surface area contributed by atoms with Gasteiger partial charge in [0.2, 0.25) is 0 Å². The number of quaternary nitrogens is 1. The maximum Gasteiger partial charge on any atom is 0.104 e. The van der Waals surface area contributed by atoms with Crippen LogP contribution in [0.2, 0.25) is 0 Å². The second-order valence-electron chi connectivity index (χ2n) is 16.4. The maximum atomic E-state index is 12.5. The Balaban J connectivity index is 0.0000260. The van der Waals surface area contributed by atoms with E-state index >= 15 is 0 Å². The predicted octanol–water partition coefficient (Wildman–Crippen LogP) is 14.9. The molecular formula is C46H90N2O3S. The first-order chi connectivity index (χ1) is 24.8. The van der Waals surface area contributed by atoms with E-state index in [0.29, 0.717) is 18.5 Å². The van der Waals surface area contributed by atoms with Crippen molar-refractivity contribution < 1.29 is 13.0 Å². The van der Waals surface area contributed by atoms with Crippen LogP contribution in [0.4, 0.5) is 0 Å². The van der Waals surface area contributed by atoms with Crippen LogP contribution >= 0.6 is 0 Å². The van der Waals surface area contributed by atoms with Crippen molar-refractivity contribution in [3.05, 3.63) is 34.9 Å². The Morgan fingerprint density at radius 2 is 0.846 bits per heavy atom. The second kappa shape index (κ2) is 34.5. The highest BCUT2D eigenvalue weighted by molar-refractivity contribution is 7.86. The molecule has 1 aromatic rings. The molecule has 1 rings (SSSR count). The van der Waals surface area contributed by atoms with Gasteiger partial charge in [-0.05, 0) is 56.3 Å². The Bertz CT molecular complexity index is 1030. The summed E-state index contributed by atoms with van der Waals surface area (Å²) in [6.07, 6.45) is 46.0. The van der Waals surface area contributed by atoms with Crippen molar-refractivity contribution in [1.82, 2.24) is 6.15 Å². The Labute approximate surface area is 325 Å². The summed E-state index contributed by atoms with van der Waals surface area (Å²) in [5.41, 5.74) is 8.39. The summed E-state index contributed by atoms with van der Waals surface area (Å²) in [5.74, 6) is 0. The van der Waals surface area contributed by atoms with Crippen molar-refractivity contribution in [2.24, 2.45) is 5.73 Å². The molecule has 52 heavy (non-hydrogen) atoms. The van der Waals surface area contributed by atoms with Gasteiger partial charge in [0.15, 0.2) is 0 Å². The minimum absolute atomic E-state index is 0. The number of unbranched alkanes of at least 4 members (excludes halogenated alkanes) is 31. The van der Waals surface area contributed by atoms with Crippen LogP contribution in [0.15, 0.2) is 18.2 Å². The van der Waals surface area contributed by atoms with Crippen LogP contribution in [0.25, 0.3) is 0 Å². The first-order valence-corrected chi connectivity index (χ1v) is 23.9. The second-order valence-corrected chi connectivity index (χ2v) is 18.2. The molecule has 0 heterocycles. The first-order valence-electron chi connectivity index (χ1n) is 22.5. The van der Waals surface area contributed by atoms with E-state index < -0.39 is 14.9 Å². The lowest BCUT2D eigenvalue weighted by atomic mass is 9.87. The Morgan fingerprint density at radius 1 is 0.538 bits per heavy atom. The highest BCUT2D eigenvalue weighted by Gasteiger charge is 2.35. The summed E-state index contributed by atoms with van der Waals surface area (Å²) >= 11 is 0. The molecule has 1 atom stereocenters. The molecular weight excluding hydrogens is 661 g/mol. The summed E-state index contributed by atoms with van der Waals surface area (Å²) in [4.78, 5) is 0. The molecule has 308 valence electrons. The predicted molar refractivity (Wildman–Crippen MR) is 230 cm³/mol. The zero-order chi connectivity index (χ0) is 37.3. The minimum Gasteiger partial charge on any atom is -0.747 e. The normalized spacial score (nSPS) is 12.9. The standard InChI is InChI=1S/C46H87NO3S.H3N/c1-4-5-6-7-8-9-10-11-12-13-14-15-16-17-18-19-20-21-22-23-24-25-26-27-28-29-30-31-32-33-34-35-41-46(3,51(48,49)50)45-40-36-38-44(43(45)2)39-37-42-47;/h36,38,40H,4-35,37,39,41-42,47H2,1-3H3,(H,48,49,50);1H3. The summed E-state index contributed by atoms with van der Waals surface area (Å²) in [6, 6.07) is 5.75. The van der Waals surface area contributed by atoms with Crippen molar-refractivity contribution in [2.45, 2.75) is 250 Å². The minimum atomic E-state index is -4.48. The molecule has 0 spiro atoms. The molecule has 0 fully saturated rings. The third-order valence-corrected chi connectivity index (χ3v) is 13.3. The van der Waals surface area contributed by atoms with Gasteiger partial charge in [-0.15, -0.1) is 0 Å². The van der Waals surface area contributed by atoms with Gasteiger partial charge in [0.05, 0.1) is 4.75 Å². The lowest BCUT2D eigenvalue weighted by Crippen LogP contribution is -2.33. The number of rotatable bonds is 38. The van der Waals surface area contributed by atoms with Crippen LogP contribution in [0.5, 0.6) is 0 Å². The molecule has 1 aromatic carbocycles. The zero-order valence-electron chi connectivity index (χ0n) is 35.4. The Hall–Kier alpha value is -0.950. The summed E-state index contributed by atoms with van der Waals surface area (Å²) in [7, 11) is -4.48. The lowest BCUT2D eigenvalue weighted by Gasteiger charge is -2.35. The first kappa shape index (κ1) is 51.0. The van der Waals surface area contributed by atoms with Crippen molar-refractivity contribution in [1.29, 1.82) is 0 Å². The Kier molecular flexibility index (Phi) is 33.9. The summed E-state index contributed by atoms with van der Waals surface area (Å²) < 4.78 is 36.0. The molecule has 0 aliphatic heterocycles. The van der Waals surface area contributed by atoms with Crippen LogP contribution in [0.1, 0.15) is 249 Å². The summed E-state index contributed by atoms with van der Waals surface area (Å²) in [5, 5.41) is 0. The molecule has 0 aliphatic rings. The number of nitrogens with two attached hydrogens (primary N) is 1. The highest BCUT2D eigenvalue weighted by atomic mass is 32.2. The molecule has 6 N–H and O–H groups in total. The topological polar surface area (TPSA) is 120 Å². The molecule has 0 aromatic heterocycles. The molecule has 0 radical (unpaired) electrons. The van der Waals surface area contributed by atoms with E-state index in [1.54, 1.807) is 6.92 Å². The number of hydrogen-bond acceptors (Lipinski definition) is 4. The van der Waals surface area contributed by atoms with Gasteiger partial charge in [0.25, 0.3) is 0 Å². The van der Waals surface area contributed by atoms with Gasteiger partial charge in [-0.2, -0.15) is 0 Å². The molecule has 5 nitrogen and oxygen atoms in total. The molecule has 0 amide bonds. The zero-order valence-corrected chi connectivity index (χ0v) is 36.2. The summed E-state index contributed by atoms with van der Waals surface area (Å²) in [6.45, 7) is 6.48.